The molecule has 26 heavy (non-hydrogen) atoms. The number of nitrogens with zero attached hydrogens (tertiary/aromatic N) is 4. The van der Waals surface area contributed by atoms with E-state index in [4.69, 9.17) is 9.47 Å². The van der Waals surface area contributed by atoms with Crippen molar-refractivity contribution in [1.82, 2.24) is 15.1 Å². The van der Waals surface area contributed by atoms with Crippen LogP contribution in [0.15, 0.2) is 35.6 Å². The van der Waals surface area contributed by atoms with E-state index in [1.807, 2.05) is 25.1 Å². The van der Waals surface area contributed by atoms with Crippen molar-refractivity contribution in [3.63, 3.8) is 0 Å². The van der Waals surface area contributed by atoms with Crippen molar-refractivity contribution in [2.75, 3.05) is 32.6 Å². The second-order valence-electron chi connectivity index (χ2n) is 5.14. The van der Waals surface area contributed by atoms with Gasteiger partial charge in [0.1, 0.15) is 12.4 Å². The minimum Gasteiger partial charge on any atom is -0.493 e. The molecular formula is C16H22N6O4. The molecule has 2 aromatic rings. The number of methoxy groups -OCH3 is 1. The van der Waals surface area contributed by atoms with Crippen LogP contribution in [0, 0.1) is 10.1 Å². The number of ether oxygens (including phenoxy) is 2. The fraction of sp³-hybridized carbons (Fsp3) is 0.375. The largest absolute Gasteiger partial charge is 0.493 e. The van der Waals surface area contributed by atoms with Gasteiger partial charge >= 0.3 is 5.69 Å². The summed E-state index contributed by atoms with van der Waals surface area (Å²) < 4.78 is 12.3. The van der Waals surface area contributed by atoms with Crippen LogP contribution in [-0.4, -0.2) is 48.0 Å². The van der Waals surface area contributed by atoms with E-state index >= 15 is 0 Å². The number of nitrogens with one attached hydrogen (secondary N) is 2. The van der Waals surface area contributed by atoms with E-state index in [2.05, 4.69) is 20.7 Å². The molecule has 0 aliphatic heterocycles. The van der Waals surface area contributed by atoms with Crippen LogP contribution >= 0.6 is 0 Å². The summed E-state index contributed by atoms with van der Waals surface area (Å²) in [6, 6.07) is 5.49. The maximum Gasteiger partial charge on any atom is 0.306 e. The van der Waals surface area contributed by atoms with E-state index in [0.717, 1.165) is 5.69 Å². The molecule has 0 amide bonds. The minimum absolute atomic E-state index is 0.0333. The summed E-state index contributed by atoms with van der Waals surface area (Å²) in [4.78, 5) is 14.3. The molecule has 0 saturated carbocycles. The molecule has 0 aliphatic carbocycles. The average Bonchev–Trinajstić information content (AvgIpc) is 3.11. The lowest BCUT2D eigenvalue weighted by Gasteiger charge is -2.14. The number of aliphatic imine (C=N–C) groups is 1. The van der Waals surface area contributed by atoms with Crippen molar-refractivity contribution >= 4 is 17.3 Å². The number of anilines is 1. The number of guanidine groups is 1. The van der Waals surface area contributed by atoms with Crippen LogP contribution in [0.5, 0.6) is 11.5 Å². The van der Waals surface area contributed by atoms with E-state index < -0.39 is 4.92 Å². The van der Waals surface area contributed by atoms with Crippen LogP contribution < -0.4 is 20.1 Å². The van der Waals surface area contributed by atoms with E-state index in [-0.39, 0.29) is 5.69 Å². The first-order chi connectivity index (χ1) is 12.6. The topological polar surface area (TPSA) is 116 Å². The molecule has 0 radical (unpaired) electrons. The van der Waals surface area contributed by atoms with E-state index in [1.54, 1.807) is 14.2 Å². The van der Waals surface area contributed by atoms with Gasteiger partial charge in [0.2, 0.25) is 0 Å². The second-order valence-corrected chi connectivity index (χ2v) is 5.14. The van der Waals surface area contributed by atoms with Crippen LogP contribution in [0.4, 0.5) is 11.4 Å². The lowest BCUT2D eigenvalue weighted by atomic mass is 10.2. The number of benzene rings is 1. The first-order valence-corrected chi connectivity index (χ1v) is 8.02. The number of nitro groups is 1. The number of aromatic nitrogens is 2. The highest BCUT2D eigenvalue weighted by molar-refractivity contribution is 5.93. The molecule has 0 atom stereocenters. The Morgan fingerprint density at radius 3 is 2.85 bits per heavy atom. The van der Waals surface area contributed by atoms with Crippen LogP contribution in [-0.2, 0) is 6.54 Å². The van der Waals surface area contributed by atoms with Gasteiger partial charge in [0.15, 0.2) is 17.5 Å². The molecule has 0 bridgehead atoms. The second kappa shape index (κ2) is 9.25. The molecule has 140 valence electrons. The van der Waals surface area contributed by atoms with Crippen molar-refractivity contribution in [2.45, 2.75) is 13.5 Å². The molecule has 0 spiro atoms. The molecule has 1 aromatic carbocycles. The van der Waals surface area contributed by atoms with Crippen LogP contribution in [0.25, 0.3) is 0 Å². The van der Waals surface area contributed by atoms with Gasteiger partial charge in [0.25, 0.3) is 0 Å². The fourth-order valence-electron chi connectivity index (χ4n) is 2.19. The highest BCUT2D eigenvalue weighted by atomic mass is 16.6. The molecule has 10 heteroatoms. The average molecular weight is 362 g/mol. The zero-order chi connectivity index (χ0) is 18.9. The van der Waals surface area contributed by atoms with Gasteiger partial charge in [-0.3, -0.25) is 19.8 Å². The summed E-state index contributed by atoms with van der Waals surface area (Å²) in [5.41, 5.74) is 0.752. The van der Waals surface area contributed by atoms with E-state index in [1.165, 1.54) is 17.1 Å². The molecule has 1 heterocycles. The van der Waals surface area contributed by atoms with Gasteiger partial charge in [-0.25, -0.2) is 0 Å². The molecule has 0 fully saturated rings. The molecule has 2 rings (SSSR count). The zero-order valence-corrected chi connectivity index (χ0v) is 14.9. The first kappa shape index (κ1) is 19.0. The quantitative estimate of drug-likeness (QED) is 0.319. The van der Waals surface area contributed by atoms with Crippen molar-refractivity contribution in [3.8, 4) is 11.5 Å². The van der Waals surface area contributed by atoms with Gasteiger partial charge in [0.05, 0.1) is 25.2 Å². The van der Waals surface area contributed by atoms with Gasteiger partial charge in [-0.2, -0.15) is 5.10 Å². The summed E-state index contributed by atoms with van der Waals surface area (Å²) in [5.74, 6) is 1.85. The third-order valence-corrected chi connectivity index (χ3v) is 3.41. The van der Waals surface area contributed by atoms with E-state index in [9.17, 15) is 10.1 Å². The monoisotopic (exact) mass is 362 g/mol. The van der Waals surface area contributed by atoms with Gasteiger partial charge in [-0.05, 0) is 19.1 Å². The third kappa shape index (κ3) is 5.10. The summed E-state index contributed by atoms with van der Waals surface area (Å²) in [6.45, 7) is 3.41. The Hall–Kier alpha value is -3.30. The third-order valence-electron chi connectivity index (χ3n) is 3.41. The van der Waals surface area contributed by atoms with Gasteiger partial charge in [-0.15, -0.1) is 0 Å². The Bertz CT molecular complexity index is 774. The van der Waals surface area contributed by atoms with Crippen LogP contribution in [0.3, 0.4) is 0 Å². The molecule has 2 N–H and O–H groups in total. The van der Waals surface area contributed by atoms with Crippen molar-refractivity contribution in [2.24, 2.45) is 4.99 Å². The summed E-state index contributed by atoms with van der Waals surface area (Å²) in [5, 5.41) is 20.9. The SMILES string of the molecule is CCOc1ccc(NC(=NC)NCCn2cc([N+](=O)[O-])cn2)cc1OC. The molecule has 0 saturated heterocycles. The van der Waals surface area contributed by atoms with Crippen molar-refractivity contribution in [1.29, 1.82) is 0 Å². The number of hydrogen-bond donors (Lipinski definition) is 2. The smallest absolute Gasteiger partial charge is 0.306 e. The van der Waals surface area contributed by atoms with Gasteiger partial charge < -0.3 is 20.1 Å². The highest BCUT2D eigenvalue weighted by Crippen LogP contribution is 2.30. The Labute approximate surface area is 151 Å². The lowest BCUT2D eigenvalue weighted by Crippen LogP contribution is -2.33. The molecule has 1 aromatic heterocycles. The van der Waals surface area contributed by atoms with E-state index in [0.29, 0.717) is 37.2 Å². The van der Waals surface area contributed by atoms with Crippen LogP contribution in [0.2, 0.25) is 0 Å². The normalized spacial score (nSPS) is 11.1. The predicted octanol–water partition coefficient (Wildman–Crippen LogP) is 1.89. The molecule has 10 nitrogen and oxygen atoms in total. The molecule has 0 unspecified atom stereocenters. The Balaban J connectivity index is 1.91. The maximum absolute atomic E-state index is 10.7. The van der Waals surface area contributed by atoms with Gasteiger partial charge in [0, 0.05) is 25.3 Å². The fourth-order valence-corrected chi connectivity index (χ4v) is 2.19. The minimum atomic E-state index is -0.475. The van der Waals surface area contributed by atoms with Crippen molar-refractivity contribution in [3.05, 3.63) is 40.7 Å². The lowest BCUT2D eigenvalue weighted by molar-refractivity contribution is -0.385. The maximum atomic E-state index is 10.7. The Morgan fingerprint density at radius 2 is 2.23 bits per heavy atom. The predicted molar refractivity (Wildman–Crippen MR) is 98.0 cm³/mol. The summed E-state index contributed by atoms with van der Waals surface area (Å²) in [6.07, 6.45) is 2.61. The number of hydrogen-bond acceptors (Lipinski definition) is 6. The summed E-state index contributed by atoms with van der Waals surface area (Å²) >= 11 is 0. The summed E-state index contributed by atoms with van der Waals surface area (Å²) in [7, 11) is 3.23. The first-order valence-electron chi connectivity index (χ1n) is 8.02. The Kier molecular flexibility index (Phi) is 6.77. The van der Waals surface area contributed by atoms with Crippen LogP contribution in [0.1, 0.15) is 6.92 Å². The van der Waals surface area contributed by atoms with Crippen molar-refractivity contribution < 1.29 is 14.4 Å². The highest BCUT2D eigenvalue weighted by Gasteiger charge is 2.09. The molecule has 0 aliphatic rings. The number of rotatable bonds is 8. The Morgan fingerprint density at radius 1 is 1.42 bits per heavy atom. The zero-order valence-electron chi connectivity index (χ0n) is 14.9. The van der Waals surface area contributed by atoms with Gasteiger partial charge in [-0.1, -0.05) is 0 Å². The molecular weight excluding hydrogens is 340 g/mol. The standard InChI is InChI=1S/C16H22N6O4/c1-4-26-14-6-5-12(9-15(14)25-3)20-16(17-2)18-7-8-21-11-13(10-19-21)22(23)24/h5-6,9-11H,4,7-8H2,1-3H3,(H2,17,18,20).